The maximum Gasteiger partial charge on any atom is 0.153 e. The molecule has 0 aliphatic heterocycles. The van der Waals surface area contributed by atoms with Crippen LogP contribution in [-0.2, 0) is 0 Å². The van der Waals surface area contributed by atoms with Gasteiger partial charge in [0.25, 0.3) is 0 Å². The second kappa shape index (κ2) is 2.21. The van der Waals surface area contributed by atoms with E-state index < -0.39 is 0 Å². The second-order valence-corrected chi connectivity index (χ2v) is 0.797. The molecular weight excluding hydrogens is 80.0 g/mol. The molecule has 0 heterocycles. The maximum absolute atomic E-state index is 7.79. The lowest BCUT2D eigenvalue weighted by Gasteiger charge is -1.68. The molecule has 0 radical (unpaired) electrons. The number of hydrogen-bond acceptors (Lipinski definition) is 3. The number of nitriles is 1. The predicted octanol–water partition coefficient (Wildman–Crippen LogP) is 0.360. The van der Waals surface area contributed by atoms with E-state index in [0.717, 1.165) is 0 Å². The standard InChI is InChI=1S/C3H4N2O/c1-3(2-4)5-6/h6H,1H3. The molecule has 6 heavy (non-hydrogen) atoms. The van der Waals surface area contributed by atoms with Crippen molar-refractivity contribution >= 4 is 5.71 Å². The van der Waals surface area contributed by atoms with Crippen LogP contribution < -0.4 is 0 Å². The third-order valence-corrected chi connectivity index (χ3v) is 0.312. The van der Waals surface area contributed by atoms with Crippen LogP contribution in [0.4, 0.5) is 0 Å². The molecule has 0 unspecified atom stereocenters. The van der Waals surface area contributed by atoms with Gasteiger partial charge in [-0.1, -0.05) is 5.16 Å². The summed E-state index contributed by atoms with van der Waals surface area (Å²) in [6.45, 7) is 1.42. The minimum atomic E-state index is 0.0787. The summed E-state index contributed by atoms with van der Waals surface area (Å²) in [5.74, 6) is 0. The summed E-state index contributed by atoms with van der Waals surface area (Å²) in [6, 6.07) is 1.61. The Kier molecular flexibility index (Phi) is 1.83. The summed E-state index contributed by atoms with van der Waals surface area (Å²) in [7, 11) is 0. The van der Waals surface area contributed by atoms with Crippen LogP contribution in [0.15, 0.2) is 5.16 Å². The molecular formula is C3H4N2O. The normalized spacial score (nSPS) is 10.3. The molecule has 0 aliphatic carbocycles. The molecule has 0 saturated carbocycles. The van der Waals surface area contributed by atoms with E-state index >= 15 is 0 Å². The highest BCUT2D eigenvalue weighted by molar-refractivity contribution is 5.95. The number of nitrogens with zero attached hydrogens (tertiary/aromatic N) is 2. The largest absolute Gasteiger partial charge is 0.410 e. The van der Waals surface area contributed by atoms with Gasteiger partial charge in [-0.3, -0.25) is 0 Å². The Labute approximate surface area is 35.5 Å². The minimum Gasteiger partial charge on any atom is -0.410 e. The van der Waals surface area contributed by atoms with Crippen molar-refractivity contribution in [2.75, 3.05) is 0 Å². The van der Waals surface area contributed by atoms with E-state index in [2.05, 4.69) is 5.16 Å². The summed E-state index contributed by atoms with van der Waals surface area (Å²) in [4.78, 5) is 0. The van der Waals surface area contributed by atoms with Crippen molar-refractivity contribution < 1.29 is 5.21 Å². The fourth-order valence-corrected chi connectivity index (χ4v) is 0.0224. The highest BCUT2D eigenvalue weighted by Crippen LogP contribution is 1.64. The molecule has 0 aliphatic rings. The summed E-state index contributed by atoms with van der Waals surface area (Å²) in [5, 5.41) is 18.1. The van der Waals surface area contributed by atoms with Gasteiger partial charge in [0.1, 0.15) is 6.07 Å². The SMILES string of the molecule is CC(C#N)=NO. The zero-order valence-corrected chi connectivity index (χ0v) is 3.34. The molecule has 1 N–H and O–H groups in total. The molecule has 0 aromatic rings. The van der Waals surface area contributed by atoms with E-state index in [1.165, 1.54) is 6.92 Å². The third-order valence-electron chi connectivity index (χ3n) is 0.312. The first-order valence-electron chi connectivity index (χ1n) is 1.40. The zero-order valence-electron chi connectivity index (χ0n) is 3.34. The second-order valence-electron chi connectivity index (χ2n) is 0.797. The molecule has 0 saturated heterocycles. The lowest BCUT2D eigenvalue weighted by molar-refractivity contribution is 0.319. The van der Waals surface area contributed by atoms with Crippen LogP contribution in [0.2, 0.25) is 0 Å². The first kappa shape index (κ1) is 4.96. The third kappa shape index (κ3) is 1.30. The van der Waals surface area contributed by atoms with Crippen LogP contribution in [0.5, 0.6) is 0 Å². The number of hydrogen-bond donors (Lipinski definition) is 1. The van der Waals surface area contributed by atoms with Crippen molar-refractivity contribution in [2.24, 2.45) is 5.16 Å². The number of oxime groups is 1. The van der Waals surface area contributed by atoms with Crippen molar-refractivity contribution in [1.82, 2.24) is 0 Å². The lowest BCUT2D eigenvalue weighted by Crippen LogP contribution is -1.79. The molecule has 3 heteroatoms. The minimum absolute atomic E-state index is 0.0787. The maximum atomic E-state index is 7.79. The highest BCUT2D eigenvalue weighted by atomic mass is 16.4. The molecule has 0 rings (SSSR count). The first-order valence-corrected chi connectivity index (χ1v) is 1.40. The smallest absolute Gasteiger partial charge is 0.153 e. The van der Waals surface area contributed by atoms with Gasteiger partial charge in [-0.15, -0.1) is 0 Å². The molecule has 0 atom stereocenters. The van der Waals surface area contributed by atoms with Crippen LogP contribution in [0.25, 0.3) is 0 Å². The lowest BCUT2D eigenvalue weighted by atomic mass is 10.5. The van der Waals surface area contributed by atoms with Gasteiger partial charge in [-0.05, 0) is 6.92 Å². The Morgan fingerprint density at radius 1 is 2.00 bits per heavy atom. The summed E-state index contributed by atoms with van der Waals surface area (Å²) in [6.07, 6.45) is 0. The van der Waals surface area contributed by atoms with Gasteiger partial charge < -0.3 is 5.21 Å². The van der Waals surface area contributed by atoms with Crippen molar-refractivity contribution in [2.45, 2.75) is 6.92 Å². The Balaban J connectivity index is 3.61. The van der Waals surface area contributed by atoms with Gasteiger partial charge >= 0.3 is 0 Å². The fourth-order valence-electron chi connectivity index (χ4n) is 0.0224. The van der Waals surface area contributed by atoms with Crippen LogP contribution in [0.1, 0.15) is 6.92 Å². The van der Waals surface area contributed by atoms with Crippen LogP contribution in [0.3, 0.4) is 0 Å². The Morgan fingerprint density at radius 3 is 2.50 bits per heavy atom. The Hall–Kier alpha value is -1.04. The summed E-state index contributed by atoms with van der Waals surface area (Å²) in [5.41, 5.74) is 0.0787. The van der Waals surface area contributed by atoms with Gasteiger partial charge in [-0.2, -0.15) is 5.26 Å². The van der Waals surface area contributed by atoms with Crippen LogP contribution in [0, 0.1) is 11.3 Å². The van der Waals surface area contributed by atoms with Crippen molar-refractivity contribution in [3.05, 3.63) is 0 Å². The van der Waals surface area contributed by atoms with Crippen LogP contribution in [-0.4, -0.2) is 10.9 Å². The van der Waals surface area contributed by atoms with Gasteiger partial charge in [0, 0.05) is 0 Å². The van der Waals surface area contributed by atoms with Crippen LogP contribution >= 0.6 is 0 Å². The van der Waals surface area contributed by atoms with Gasteiger partial charge in [-0.25, -0.2) is 0 Å². The summed E-state index contributed by atoms with van der Waals surface area (Å²) < 4.78 is 0. The monoisotopic (exact) mass is 84.0 g/mol. The quantitative estimate of drug-likeness (QED) is 0.262. The molecule has 32 valence electrons. The highest BCUT2D eigenvalue weighted by Gasteiger charge is 1.76. The van der Waals surface area contributed by atoms with Gasteiger partial charge in [0.15, 0.2) is 5.71 Å². The zero-order chi connectivity index (χ0) is 4.99. The molecule has 0 aromatic heterocycles. The average molecular weight is 84.1 g/mol. The van der Waals surface area contributed by atoms with Crippen molar-refractivity contribution in [3.63, 3.8) is 0 Å². The van der Waals surface area contributed by atoms with E-state index in [1.807, 2.05) is 0 Å². The molecule has 0 spiro atoms. The predicted molar refractivity (Wildman–Crippen MR) is 20.5 cm³/mol. The van der Waals surface area contributed by atoms with Gasteiger partial charge in [0.05, 0.1) is 0 Å². The topological polar surface area (TPSA) is 56.4 Å². The molecule has 0 aromatic carbocycles. The Morgan fingerprint density at radius 2 is 2.50 bits per heavy atom. The fraction of sp³-hybridized carbons (Fsp3) is 0.333. The molecule has 0 bridgehead atoms. The van der Waals surface area contributed by atoms with Crippen molar-refractivity contribution in [1.29, 1.82) is 5.26 Å². The van der Waals surface area contributed by atoms with Gasteiger partial charge in [0.2, 0.25) is 0 Å². The molecule has 0 fully saturated rings. The summed E-state index contributed by atoms with van der Waals surface area (Å²) >= 11 is 0. The average Bonchev–Trinajstić information content (AvgIpc) is 1.65. The van der Waals surface area contributed by atoms with E-state index in [1.54, 1.807) is 6.07 Å². The van der Waals surface area contributed by atoms with E-state index in [-0.39, 0.29) is 5.71 Å². The number of rotatable bonds is 0. The molecule has 3 nitrogen and oxygen atoms in total. The Bertz CT molecular complexity index is 99.9. The van der Waals surface area contributed by atoms with E-state index in [0.29, 0.717) is 0 Å². The van der Waals surface area contributed by atoms with Crippen molar-refractivity contribution in [3.8, 4) is 6.07 Å². The van der Waals surface area contributed by atoms with E-state index in [9.17, 15) is 0 Å². The first-order chi connectivity index (χ1) is 2.81. The van der Waals surface area contributed by atoms with E-state index in [4.69, 9.17) is 10.5 Å². The molecule has 0 amide bonds.